The molecule has 1 aliphatic rings. The van der Waals surface area contributed by atoms with Gasteiger partial charge in [-0.1, -0.05) is 30.3 Å². The van der Waals surface area contributed by atoms with Crippen molar-refractivity contribution in [1.29, 1.82) is 0 Å². The van der Waals surface area contributed by atoms with Gasteiger partial charge in [-0.25, -0.2) is 9.78 Å². The van der Waals surface area contributed by atoms with E-state index < -0.39 is 0 Å². The molecule has 0 aliphatic carbocycles. The molecule has 6 heteroatoms. The molecule has 0 unspecified atom stereocenters. The van der Waals surface area contributed by atoms with Gasteiger partial charge in [0.05, 0.1) is 6.61 Å². The number of thiazole rings is 1. The maximum absolute atomic E-state index is 11.8. The number of morpholine rings is 1. The molecule has 1 aromatic carbocycles. The van der Waals surface area contributed by atoms with E-state index in [1.807, 2.05) is 23.6 Å². The highest BCUT2D eigenvalue weighted by molar-refractivity contribution is 7.10. The maximum Gasteiger partial charge on any atom is 0.330 e. The van der Waals surface area contributed by atoms with E-state index >= 15 is 0 Å². The summed E-state index contributed by atoms with van der Waals surface area (Å²) in [6.45, 7) is 3.47. The van der Waals surface area contributed by atoms with Gasteiger partial charge in [0.15, 0.2) is 0 Å². The Labute approximate surface area is 145 Å². The molecule has 1 atom stereocenters. The van der Waals surface area contributed by atoms with Gasteiger partial charge in [0.1, 0.15) is 17.7 Å². The van der Waals surface area contributed by atoms with Gasteiger partial charge in [-0.05, 0) is 11.6 Å². The van der Waals surface area contributed by atoms with Gasteiger partial charge in [0.2, 0.25) is 0 Å². The largest absolute Gasteiger partial charge is 0.460 e. The smallest absolute Gasteiger partial charge is 0.330 e. The highest BCUT2D eigenvalue weighted by atomic mass is 32.1. The molecule has 3 rings (SSSR count). The summed E-state index contributed by atoms with van der Waals surface area (Å²) in [7, 11) is 0. The minimum atomic E-state index is -0.367. The third-order valence-corrected chi connectivity index (χ3v) is 4.44. The van der Waals surface area contributed by atoms with Crippen molar-refractivity contribution in [3.8, 4) is 0 Å². The monoisotopic (exact) mass is 344 g/mol. The lowest BCUT2D eigenvalue weighted by Gasteiger charge is -2.32. The van der Waals surface area contributed by atoms with Crippen LogP contribution < -0.4 is 0 Å². The Morgan fingerprint density at radius 2 is 2.29 bits per heavy atom. The number of carbonyl (C=O) groups excluding carboxylic acids is 1. The van der Waals surface area contributed by atoms with Crippen LogP contribution in [0.15, 0.2) is 48.0 Å². The molecule has 2 heterocycles. The second-order valence-corrected chi connectivity index (χ2v) is 6.47. The van der Waals surface area contributed by atoms with Crippen LogP contribution in [0.1, 0.15) is 10.6 Å². The molecule has 5 nitrogen and oxygen atoms in total. The second-order valence-electron chi connectivity index (χ2n) is 5.55. The maximum atomic E-state index is 11.8. The van der Waals surface area contributed by atoms with E-state index in [1.165, 1.54) is 23.0 Å². The van der Waals surface area contributed by atoms with Crippen molar-refractivity contribution in [1.82, 2.24) is 9.88 Å². The number of benzene rings is 1. The lowest BCUT2D eigenvalue weighted by molar-refractivity contribution is -0.144. The summed E-state index contributed by atoms with van der Waals surface area (Å²) in [6, 6.07) is 10.3. The topological polar surface area (TPSA) is 51.7 Å². The van der Waals surface area contributed by atoms with Crippen molar-refractivity contribution in [3.05, 3.63) is 58.6 Å². The van der Waals surface area contributed by atoms with E-state index in [-0.39, 0.29) is 18.7 Å². The number of hydrogen-bond donors (Lipinski definition) is 0. The van der Waals surface area contributed by atoms with E-state index in [9.17, 15) is 4.79 Å². The SMILES string of the molecule is O=C(/C=C/c1nccs1)OC[C@@H]1CN(Cc2ccccc2)CCO1. The summed E-state index contributed by atoms with van der Waals surface area (Å²) in [6.07, 6.45) is 4.69. The Hall–Kier alpha value is -2.02. The average molecular weight is 344 g/mol. The molecule has 0 amide bonds. The minimum absolute atomic E-state index is 0.0836. The molecule has 126 valence electrons. The second kappa shape index (κ2) is 8.73. The van der Waals surface area contributed by atoms with Gasteiger partial charge in [0.25, 0.3) is 0 Å². The van der Waals surface area contributed by atoms with Crippen molar-refractivity contribution in [2.75, 3.05) is 26.3 Å². The van der Waals surface area contributed by atoms with Crippen LogP contribution >= 0.6 is 11.3 Å². The van der Waals surface area contributed by atoms with Crippen LogP contribution in [0.3, 0.4) is 0 Å². The standard InChI is InChI=1S/C18H20N2O3S/c21-18(7-6-17-19-8-11-24-17)23-14-16-13-20(9-10-22-16)12-15-4-2-1-3-5-15/h1-8,11,16H,9-10,12-14H2/b7-6+/t16-/m0/s1. The Bertz CT molecular complexity index is 658. The van der Waals surface area contributed by atoms with Gasteiger partial charge in [0, 0.05) is 37.3 Å². The summed E-state index contributed by atoms with van der Waals surface area (Å²) >= 11 is 1.48. The molecule has 0 radical (unpaired) electrons. The fraction of sp³-hybridized carbons (Fsp3) is 0.333. The average Bonchev–Trinajstić information content (AvgIpc) is 3.13. The molecule has 0 saturated carbocycles. The summed E-state index contributed by atoms with van der Waals surface area (Å²) in [5.74, 6) is -0.367. The quantitative estimate of drug-likeness (QED) is 0.595. The van der Waals surface area contributed by atoms with Gasteiger partial charge in [-0.15, -0.1) is 11.3 Å². The zero-order chi connectivity index (χ0) is 16.6. The Morgan fingerprint density at radius 1 is 1.42 bits per heavy atom. The molecule has 1 aromatic heterocycles. The number of aromatic nitrogens is 1. The van der Waals surface area contributed by atoms with Crippen molar-refractivity contribution in [2.24, 2.45) is 0 Å². The molecule has 2 aromatic rings. The number of esters is 1. The number of hydrogen-bond acceptors (Lipinski definition) is 6. The molecule has 0 N–H and O–H groups in total. The van der Waals surface area contributed by atoms with E-state index in [4.69, 9.17) is 9.47 Å². The lowest BCUT2D eigenvalue weighted by Crippen LogP contribution is -2.44. The number of ether oxygens (including phenoxy) is 2. The molecular formula is C18H20N2O3S. The van der Waals surface area contributed by atoms with Gasteiger partial charge >= 0.3 is 5.97 Å². The first-order valence-corrected chi connectivity index (χ1v) is 8.80. The van der Waals surface area contributed by atoms with Crippen molar-refractivity contribution >= 4 is 23.4 Å². The summed E-state index contributed by atoms with van der Waals surface area (Å²) in [5, 5.41) is 2.65. The fourth-order valence-electron chi connectivity index (χ4n) is 2.55. The van der Waals surface area contributed by atoms with Crippen molar-refractivity contribution in [2.45, 2.75) is 12.6 Å². The highest BCUT2D eigenvalue weighted by Crippen LogP contribution is 2.11. The first-order valence-electron chi connectivity index (χ1n) is 7.92. The molecule has 1 saturated heterocycles. The van der Waals surface area contributed by atoms with Crippen LogP contribution in [0.5, 0.6) is 0 Å². The first kappa shape index (κ1) is 16.8. The van der Waals surface area contributed by atoms with Gasteiger partial charge in [-0.3, -0.25) is 4.90 Å². The summed E-state index contributed by atoms with van der Waals surface area (Å²) < 4.78 is 11.0. The van der Waals surface area contributed by atoms with Crippen molar-refractivity contribution in [3.63, 3.8) is 0 Å². The van der Waals surface area contributed by atoms with E-state index in [1.54, 1.807) is 12.3 Å². The fourth-order valence-corrected chi connectivity index (χ4v) is 3.08. The van der Waals surface area contributed by atoms with Crippen LogP contribution in [0.2, 0.25) is 0 Å². The first-order chi connectivity index (χ1) is 11.8. The third kappa shape index (κ3) is 5.26. The Balaban J connectivity index is 1.43. The number of carbonyl (C=O) groups is 1. The van der Waals surface area contributed by atoms with Gasteiger partial charge in [-0.2, -0.15) is 0 Å². The molecule has 0 spiro atoms. The van der Waals surface area contributed by atoms with E-state index in [0.29, 0.717) is 6.61 Å². The molecular weight excluding hydrogens is 324 g/mol. The normalized spacial score (nSPS) is 18.8. The number of rotatable bonds is 6. The van der Waals surface area contributed by atoms with Crippen LogP contribution in [0, 0.1) is 0 Å². The molecule has 0 bridgehead atoms. The van der Waals surface area contributed by atoms with Crippen LogP contribution in [0.25, 0.3) is 6.08 Å². The van der Waals surface area contributed by atoms with Crippen LogP contribution in [-0.2, 0) is 20.8 Å². The predicted octanol–water partition coefficient (Wildman–Crippen LogP) is 2.60. The zero-order valence-corrected chi connectivity index (χ0v) is 14.2. The van der Waals surface area contributed by atoms with Crippen LogP contribution in [-0.4, -0.2) is 48.3 Å². The van der Waals surface area contributed by atoms with E-state index in [2.05, 4.69) is 22.0 Å². The van der Waals surface area contributed by atoms with Crippen LogP contribution in [0.4, 0.5) is 0 Å². The molecule has 1 fully saturated rings. The third-order valence-electron chi connectivity index (χ3n) is 3.70. The molecule has 24 heavy (non-hydrogen) atoms. The Kier molecular flexibility index (Phi) is 6.12. The highest BCUT2D eigenvalue weighted by Gasteiger charge is 2.21. The molecule has 1 aliphatic heterocycles. The minimum Gasteiger partial charge on any atom is -0.460 e. The lowest BCUT2D eigenvalue weighted by atomic mass is 10.2. The summed E-state index contributed by atoms with van der Waals surface area (Å²) in [5.41, 5.74) is 1.28. The van der Waals surface area contributed by atoms with Crippen molar-refractivity contribution < 1.29 is 14.3 Å². The summed E-state index contributed by atoms with van der Waals surface area (Å²) in [4.78, 5) is 18.2. The zero-order valence-electron chi connectivity index (χ0n) is 13.3. The van der Waals surface area contributed by atoms with Gasteiger partial charge < -0.3 is 9.47 Å². The Morgan fingerprint density at radius 3 is 3.08 bits per heavy atom. The van der Waals surface area contributed by atoms with E-state index in [0.717, 1.165) is 24.6 Å². The number of nitrogens with zero attached hydrogens (tertiary/aromatic N) is 2. The predicted molar refractivity (Wildman–Crippen MR) is 93.6 cm³/mol.